The molecule has 0 aromatic rings. The van der Waals surface area contributed by atoms with Gasteiger partial charge < -0.3 is 10.6 Å². The monoisotopic (exact) mass is 134 g/mol. The molecule has 0 aliphatic heterocycles. The fraction of sp³-hybridized carbons (Fsp3) is 0.800. The van der Waals surface area contributed by atoms with Gasteiger partial charge in [0, 0.05) is 7.05 Å². The van der Waals surface area contributed by atoms with Crippen LogP contribution < -0.4 is 10.6 Å². The van der Waals surface area contributed by atoms with Crippen LogP contribution in [0.2, 0.25) is 0 Å². The zero-order chi connectivity index (χ0) is 7.28. The number of carbonyl (C=O) groups excluding carboxylic acids is 1. The van der Waals surface area contributed by atoms with Crippen molar-refractivity contribution in [1.29, 1.82) is 0 Å². The average molecular weight is 134 g/mol. The summed E-state index contributed by atoms with van der Waals surface area (Å²) in [5, 5.41) is 4.67. The standard InChI is InChI=1S/C5H11FN2O/c1-4(3-6)8-5(9)7-2/h4H,3H2,1-2H3,(H2,7,8,9). The van der Waals surface area contributed by atoms with Gasteiger partial charge in [-0.15, -0.1) is 0 Å². The van der Waals surface area contributed by atoms with E-state index in [-0.39, 0.29) is 6.03 Å². The number of hydrogen-bond donors (Lipinski definition) is 2. The first-order valence-corrected chi connectivity index (χ1v) is 2.75. The largest absolute Gasteiger partial charge is 0.341 e. The molecule has 0 saturated heterocycles. The zero-order valence-electron chi connectivity index (χ0n) is 5.57. The van der Waals surface area contributed by atoms with Crippen LogP contribution in [0, 0.1) is 0 Å². The molecule has 0 radical (unpaired) electrons. The van der Waals surface area contributed by atoms with E-state index in [9.17, 15) is 9.18 Å². The van der Waals surface area contributed by atoms with Crippen LogP contribution in [0.3, 0.4) is 0 Å². The third-order valence-corrected chi connectivity index (χ3v) is 0.836. The highest BCUT2D eigenvalue weighted by Gasteiger charge is 2.02. The number of rotatable bonds is 2. The van der Waals surface area contributed by atoms with Crippen LogP contribution in [0.1, 0.15) is 6.92 Å². The van der Waals surface area contributed by atoms with Gasteiger partial charge in [-0.05, 0) is 6.92 Å². The SMILES string of the molecule is CNC(=O)NC(C)CF. The first-order valence-electron chi connectivity index (χ1n) is 2.75. The third kappa shape index (κ3) is 3.76. The van der Waals surface area contributed by atoms with Crippen molar-refractivity contribution in [3.8, 4) is 0 Å². The van der Waals surface area contributed by atoms with Crippen molar-refractivity contribution in [3.63, 3.8) is 0 Å². The van der Waals surface area contributed by atoms with Gasteiger partial charge in [-0.2, -0.15) is 0 Å². The summed E-state index contributed by atoms with van der Waals surface area (Å²) in [6, 6.07) is -0.745. The Hall–Kier alpha value is -0.800. The van der Waals surface area contributed by atoms with Crippen molar-refractivity contribution in [2.24, 2.45) is 0 Å². The van der Waals surface area contributed by atoms with Crippen LogP contribution in [-0.4, -0.2) is 25.8 Å². The summed E-state index contributed by atoms with van der Waals surface area (Å²) >= 11 is 0. The molecule has 0 saturated carbocycles. The molecule has 54 valence electrons. The summed E-state index contributed by atoms with van der Waals surface area (Å²) in [7, 11) is 1.49. The Morgan fingerprint density at radius 3 is 2.67 bits per heavy atom. The Labute approximate surface area is 53.6 Å². The van der Waals surface area contributed by atoms with Crippen molar-refractivity contribution in [2.45, 2.75) is 13.0 Å². The molecule has 0 bridgehead atoms. The molecule has 0 aliphatic carbocycles. The van der Waals surface area contributed by atoms with Gasteiger partial charge in [0.2, 0.25) is 0 Å². The molecule has 0 aliphatic rings. The van der Waals surface area contributed by atoms with E-state index in [4.69, 9.17) is 0 Å². The minimum atomic E-state index is -0.534. The highest BCUT2D eigenvalue weighted by atomic mass is 19.1. The molecule has 3 nitrogen and oxygen atoms in total. The molecular weight excluding hydrogens is 123 g/mol. The Bertz CT molecular complexity index is 97.0. The second kappa shape index (κ2) is 4.12. The maximum Gasteiger partial charge on any atom is 0.314 e. The summed E-state index contributed by atoms with van der Waals surface area (Å²) in [5.41, 5.74) is 0. The second-order valence-electron chi connectivity index (χ2n) is 1.78. The van der Waals surface area contributed by atoms with Gasteiger partial charge in [0.1, 0.15) is 6.67 Å². The highest BCUT2D eigenvalue weighted by Crippen LogP contribution is 1.80. The number of amides is 2. The van der Waals surface area contributed by atoms with E-state index >= 15 is 0 Å². The number of carbonyl (C=O) groups is 1. The zero-order valence-corrected chi connectivity index (χ0v) is 5.57. The summed E-state index contributed by atoms with van der Waals surface area (Å²) in [4.78, 5) is 10.4. The van der Waals surface area contributed by atoms with Crippen LogP contribution in [0.25, 0.3) is 0 Å². The predicted octanol–water partition coefficient (Wildman–Crippen LogP) is 0.273. The second-order valence-corrected chi connectivity index (χ2v) is 1.78. The Kier molecular flexibility index (Phi) is 3.75. The number of alkyl halides is 1. The van der Waals surface area contributed by atoms with Crippen LogP contribution in [0.4, 0.5) is 9.18 Å². The maximum atomic E-state index is 11.6. The van der Waals surface area contributed by atoms with Gasteiger partial charge in [0.15, 0.2) is 0 Å². The molecule has 1 unspecified atom stereocenters. The molecule has 0 aromatic heterocycles. The molecule has 0 spiro atoms. The summed E-state index contributed by atoms with van der Waals surface area (Å²) in [5.74, 6) is 0. The minimum absolute atomic E-state index is 0.347. The molecule has 9 heavy (non-hydrogen) atoms. The Balaban J connectivity index is 3.34. The lowest BCUT2D eigenvalue weighted by molar-refractivity contribution is 0.237. The molecule has 0 heterocycles. The van der Waals surface area contributed by atoms with Crippen molar-refractivity contribution in [2.75, 3.05) is 13.7 Å². The summed E-state index contributed by atoms with van der Waals surface area (Å²) in [6.07, 6.45) is 0. The van der Waals surface area contributed by atoms with E-state index in [1.165, 1.54) is 7.05 Å². The third-order valence-electron chi connectivity index (χ3n) is 0.836. The lowest BCUT2D eigenvalue weighted by Crippen LogP contribution is -2.39. The molecule has 0 aromatic carbocycles. The van der Waals surface area contributed by atoms with Crippen molar-refractivity contribution in [1.82, 2.24) is 10.6 Å². The van der Waals surface area contributed by atoms with E-state index in [1.807, 2.05) is 0 Å². The average Bonchev–Trinajstić information content (AvgIpc) is 1.87. The van der Waals surface area contributed by atoms with E-state index in [2.05, 4.69) is 10.6 Å². The molecule has 0 rings (SSSR count). The normalized spacial score (nSPS) is 12.3. The predicted molar refractivity (Wildman–Crippen MR) is 33.0 cm³/mol. The minimum Gasteiger partial charge on any atom is -0.341 e. The highest BCUT2D eigenvalue weighted by molar-refractivity contribution is 5.73. The molecule has 4 heteroatoms. The number of urea groups is 1. The van der Waals surface area contributed by atoms with Gasteiger partial charge in [0.25, 0.3) is 0 Å². The Morgan fingerprint density at radius 1 is 1.78 bits per heavy atom. The number of nitrogens with one attached hydrogen (secondary N) is 2. The van der Waals surface area contributed by atoms with E-state index in [1.54, 1.807) is 6.92 Å². The lowest BCUT2D eigenvalue weighted by Gasteiger charge is -2.07. The van der Waals surface area contributed by atoms with E-state index < -0.39 is 12.7 Å². The quantitative estimate of drug-likeness (QED) is 0.559. The number of hydrogen-bond acceptors (Lipinski definition) is 1. The van der Waals surface area contributed by atoms with E-state index in [0.29, 0.717) is 0 Å². The molecule has 1 atom stereocenters. The Morgan fingerprint density at radius 2 is 2.33 bits per heavy atom. The molecule has 2 amide bonds. The van der Waals surface area contributed by atoms with Gasteiger partial charge in [-0.25, -0.2) is 9.18 Å². The first kappa shape index (κ1) is 8.20. The molecular formula is C5H11FN2O. The summed E-state index contributed by atoms with van der Waals surface area (Å²) in [6.45, 7) is 1.06. The van der Waals surface area contributed by atoms with Gasteiger partial charge in [0.05, 0.1) is 6.04 Å². The smallest absolute Gasteiger partial charge is 0.314 e. The van der Waals surface area contributed by atoms with Crippen LogP contribution in [0.5, 0.6) is 0 Å². The maximum absolute atomic E-state index is 11.6. The molecule has 2 N–H and O–H groups in total. The van der Waals surface area contributed by atoms with Crippen molar-refractivity contribution in [3.05, 3.63) is 0 Å². The lowest BCUT2D eigenvalue weighted by atomic mass is 10.4. The fourth-order valence-corrected chi connectivity index (χ4v) is 0.335. The first-order chi connectivity index (χ1) is 4.20. The van der Waals surface area contributed by atoms with Crippen LogP contribution in [0.15, 0.2) is 0 Å². The van der Waals surface area contributed by atoms with Gasteiger partial charge in [-0.1, -0.05) is 0 Å². The topological polar surface area (TPSA) is 41.1 Å². The molecule has 0 fully saturated rings. The van der Waals surface area contributed by atoms with Crippen LogP contribution in [-0.2, 0) is 0 Å². The van der Waals surface area contributed by atoms with Crippen molar-refractivity contribution >= 4 is 6.03 Å². The number of halogens is 1. The van der Waals surface area contributed by atoms with E-state index in [0.717, 1.165) is 0 Å². The summed E-state index contributed by atoms with van der Waals surface area (Å²) < 4.78 is 11.6. The van der Waals surface area contributed by atoms with Gasteiger partial charge in [-0.3, -0.25) is 0 Å². The van der Waals surface area contributed by atoms with Crippen LogP contribution >= 0.6 is 0 Å². The fourth-order valence-electron chi connectivity index (χ4n) is 0.335. The van der Waals surface area contributed by atoms with Gasteiger partial charge >= 0.3 is 6.03 Å². The van der Waals surface area contributed by atoms with Crippen molar-refractivity contribution < 1.29 is 9.18 Å².